The van der Waals surface area contributed by atoms with Crippen molar-refractivity contribution in [2.45, 2.75) is 32.8 Å². The quantitative estimate of drug-likeness (QED) is 0.808. The van der Waals surface area contributed by atoms with Crippen molar-refractivity contribution in [2.24, 2.45) is 11.8 Å². The van der Waals surface area contributed by atoms with E-state index in [4.69, 9.17) is 0 Å². The summed E-state index contributed by atoms with van der Waals surface area (Å²) in [5.41, 5.74) is 1.71. The minimum atomic E-state index is -0.520. The topological polar surface area (TPSA) is 20.2 Å². The molecule has 0 heterocycles. The lowest BCUT2D eigenvalue weighted by Gasteiger charge is -2.20. The Morgan fingerprint density at radius 2 is 2.07 bits per heavy atom. The summed E-state index contributed by atoms with van der Waals surface area (Å²) < 4.78 is 13.1. The highest BCUT2D eigenvalue weighted by Gasteiger charge is 2.33. The summed E-state index contributed by atoms with van der Waals surface area (Å²) in [6.45, 7) is 3.96. The fraction of sp³-hybridized carbons (Fsp3) is 0.538. The molecule has 1 aliphatic carbocycles. The number of benzene rings is 1. The number of aliphatic hydroxyl groups excluding tert-OH is 1. The molecule has 0 aliphatic heterocycles. The van der Waals surface area contributed by atoms with Crippen LogP contribution in [0, 0.1) is 24.6 Å². The molecule has 1 nitrogen and oxygen atoms in total. The molecule has 2 heteroatoms. The number of aliphatic hydroxyl groups is 1. The van der Waals surface area contributed by atoms with Gasteiger partial charge >= 0.3 is 0 Å². The number of hydrogen-bond acceptors (Lipinski definition) is 1. The van der Waals surface area contributed by atoms with Crippen LogP contribution in [0.4, 0.5) is 4.39 Å². The van der Waals surface area contributed by atoms with Gasteiger partial charge in [-0.2, -0.15) is 0 Å². The molecule has 0 amide bonds. The van der Waals surface area contributed by atoms with E-state index in [9.17, 15) is 9.50 Å². The van der Waals surface area contributed by atoms with Crippen LogP contribution in [-0.4, -0.2) is 5.11 Å². The molecule has 82 valence electrons. The lowest BCUT2D eigenvalue weighted by atomic mass is 9.91. The Balaban J connectivity index is 2.23. The molecule has 1 aromatic carbocycles. The van der Waals surface area contributed by atoms with E-state index >= 15 is 0 Å². The van der Waals surface area contributed by atoms with Crippen molar-refractivity contribution in [1.29, 1.82) is 0 Å². The van der Waals surface area contributed by atoms with Gasteiger partial charge in [-0.25, -0.2) is 4.39 Å². The Hall–Kier alpha value is -0.890. The van der Waals surface area contributed by atoms with E-state index in [0.717, 1.165) is 11.1 Å². The second-order valence-corrected chi connectivity index (χ2v) is 4.64. The molecule has 0 bridgehead atoms. The summed E-state index contributed by atoms with van der Waals surface area (Å²) in [6.07, 6.45) is 1.88. The zero-order valence-corrected chi connectivity index (χ0v) is 9.20. The Bertz CT molecular complexity index is 358. The van der Waals surface area contributed by atoms with Gasteiger partial charge in [-0.1, -0.05) is 13.0 Å². The summed E-state index contributed by atoms with van der Waals surface area (Å²) in [6, 6.07) is 4.62. The van der Waals surface area contributed by atoms with Crippen LogP contribution in [0.15, 0.2) is 18.2 Å². The van der Waals surface area contributed by atoms with E-state index in [1.54, 1.807) is 6.07 Å². The van der Waals surface area contributed by atoms with E-state index in [2.05, 4.69) is 0 Å². The molecule has 0 spiro atoms. The summed E-state index contributed by atoms with van der Waals surface area (Å²) >= 11 is 0. The third-order valence-electron chi connectivity index (χ3n) is 3.42. The second kappa shape index (κ2) is 3.93. The van der Waals surface area contributed by atoms with Gasteiger partial charge in [0.15, 0.2) is 0 Å². The van der Waals surface area contributed by atoms with Gasteiger partial charge in [-0.3, -0.25) is 0 Å². The zero-order valence-electron chi connectivity index (χ0n) is 9.20. The Morgan fingerprint density at radius 3 is 2.67 bits per heavy atom. The van der Waals surface area contributed by atoms with E-state index in [-0.39, 0.29) is 11.7 Å². The lowest BCUT2D eigenvalue weighted by molar-refractivity contribution is 0.105. The summed E-state index contributed by atoms with van der Waals surface area (Å²) in [7, 11) is 0. The molecule has 1 aromatic rings. The van der Waals surface area contributed by atoms with Crippen molar-refractivity contribution in [3.8, 4) is 0 Å². The van der Waals surface area contributed by atoms with Gasteiger partial charge in [0, 0.05) is 0 Å². The summed E-state index contributed by atoms with van der Waals surface area (Å²) in [5, 5.41) is 10.1. The average molecular weight is 208 g/mol. The smallest absolute Gasteiger partial charge is 0.123 e. The van der Waals surface area contributed by atoms with Crippen LogP contribution in [0.2, 0.25) is 0 Å². The van der Waals surface area contributed by atoms with Gasteiger partial charge in [-0.05, 0) is 54.9 Å². The fourth-order valence-corrected chi connectivity index (χ4v) is 2.09. The first kappa shape index (κ1) is 10.6. The number of halogens is 1. The first-order valence-electron chi connectivity index (χ1n) is 5.53. The van der Waals surface area contributed by atoms with Crippen LogP contribution in [0.3, 0.4) is 0 Å². The van der Waals surface area contributed by atoms with Crippen molar-refractivity contribution >= 4 is 0 Å². The monoisotopic (exact) mass is 208 g/mol. The highest BCUT2D eigenvalue weighted by Crippen LogP contribution is 2.43. The molecule has 0 radical (unpaired) electrons. The SMILES string of the molecule is Cc1ccc(F)cc1C(O)C(C)C1CC1. The Morgan fingerprint density at radius 1 is 1.40 bits per heavy atom. The average Bonchev–Trinajstić information content (AvgIpc) is 3.03. The molecular weight excluding hydrogens is 191 g/mol. The molecule has 0 saturated heterocycles. The maximum Gasteiger partial charge on any atom is 0.123 e. The van der Waals surface area contributed by atoms with E-state index in [1.165, 1.54) is 25.0 Å². The van der Waals surface area contributed by atoms with Crippen molar-refractivity contribution < 1.29 is 9.50 Å². The number of rotatable bonds is 3. The van der Waals surface area contributed by atoms with E-state index in [0.29, 0.717) is 5.92 Å². The minimum Gasteiger partial charge on any atom is -0.388 e. The zero-order chi connectivity index (χ0) is 11.0. The van der Waals surface area contributed by atoms with Crippen LogP contribution in [-0.2, 0) is 0 Å². The van der Waals surface area contributed by atoms with Crippen LogP contribution < -0.4 is 0 Å². The fourth-order valence-electron chi connectivity index (χ4n) is 2.09. The van der Waals surface area contributed by atoms with Crippen molar-refractivity contribution in [3.63, 3.8) is 0 Å². The molecule has 1 saturated carbocycles. The second-order valence-electron chi connectivity index (χ2n) is 4.64. The van der Waals surface area contributed by atoms with Gasteiger partial charge in [0.2, 0.25) is 0 Å². The molecule has 2 atom stereocenters. The number of aryl methyl sites for hydroxylation is 1. The molecule has 2 unspecified atom stereocenters. The Kier molecular flexibility index (Phi) is 2.79. The van der Waals surface area contributed by atoms with E-state index < -0.39 is 6.10 Å². The molecular formula is C13H17FO. The van der Waals surface area contributed by atoms with Crippen molar-refractivity contribution in [3.05, 3.63) is 35.1 Å². The van der Waals surface area contributed by atoms with Gasteiger partial charge in [0.1, 0.15) is 5.82 Å². The van der Waals surface area contributed by atoms with Gasteiger partial charge in [0.05, 0.1) is 6.10 Å². The lowest BCUT2D eigenvalue weighted by Crippen LogP contribution is -2.12. The van der Waals surface area contributed by atoms with Crippen LogP contribution >= 0.6 is 0 Å². The highest BCUT2D eigenvalue weighted by molar-refractivity contribution is 5.29. The molecule has 1 fully saturated rings. The minimum absolute atomic E-state index is 0.241. The van der Waals surface area contributed by atoms with Crippen molar-refractivity contribution in [2.75, 3.05) is 0 Å². The largest absolute Gasteiger partial charge is 0.388 e. The van der Waals surface area contributed by atoms with Crippen LogP contribution in [0.1, 0.15) is 37.0 Å². The first-order chi connectivity index (χ1) is 7.09. The first-order valence-corrected chi connectivity index (χ1v) is 5.53. The maximum atomic E-state index is 13.1. The van der Waals surface area contributed by atoms with Crippen LogP contribution in [0.25, 0.3) is 0 Å². The summed E-state index contributed by atoms with van der Waals surface area (Å²) in [4.78, 5) is 0. The molecule has 15 heavy (non-hydrogen) atoms. The summed E-state index contributed by atoms with van der Waals surface area (Å²) in [5.74, 6) is 0.603. The molecule has 0 aromatic heterocycles. The van der Waals surface area contributed by atoms with Crippen molar-refractivity contribution in [1.82, 2.24) is 0 Å². The van der Waals surface area contributed by atoms with Crippen LogP contribution in [0.5, 0.6) is 0 Å². The van der Waals surface area contributed by atoms with Gasteiger partial charge in [0.25, 0.3) is 0 Å². The predicted molar refractivity (Wildman–Crippen MR) is 58.0 cm³/mol. The molecule has 2 rings (SSSR count). The third-order valence-corrected chi connectivity index (χ3v) is 3.42. The number of hydrogen-bond donors (Lipinski definition) is 1. The van der Waals surface area contributed by atoms with Gasteiger partial charge in [-0.15, -0.1) is 0 Å². The molecule has 1 N–H and O–H groups in total. The standard InChI is InChI=1S/C13H17FO/c1-8-3-6-11(14)7-12(8)13(15)9(2)10-4-5-10/h3,6-7,9-10,13,15H,4-5H2,1-2H3. The normalized spacial score (nSPS) is 20.0. The molecule has 1 aliphatic rings. The third kappa shape index (κ3) is 2.20. The highest BCUT2D eigenvalue weighted by atomic mass is 19.1. The predicted octanol–water partition coefficient (Wildman–Crippen LogP) is 3.21. The van der Waals surface area contributed by atoms with Gasteiger partial charge < -0.3 is 5.11 Å². The van der Waals surface area contributed by atoms with E-state index in [1.807, 2.05) is 13.8 Å². The Labute approximate surface area is 89.9 Å². The maximum absolute atomic E-state index is 13.1.